The Labute approximate surface area is 102 Å². The van der Waals surface area contributed by atoms with Crippen molar-refractivity contribution in [3.8, 4) is 0 Å². The summed E-state index contributed by atoms with van der Waals surface area (Å²) in [6.07, 6.45) is 0. The average Bonchev–Trinajstić information content (AvgIpc) is 2.13. The van der Waals surface area contributed by atoms with E-state index in [0.717, 1.165) is 5.96 Å². The third kappa shape index (κ3) is 6.82. The largest absolute Gasteiger partial charge is 0.355 e. The Kier molecular flexibility index (Phi) is 6.64. The maximum Gasteiger partial charge on any atom is 0.191 e. The van der Waals surface area contributed by atoms with E-state index in [2.05, 4.69) is 29.5 Å². The van der Waals surface area contributed by atoms with Gasteiger partial charge < -0.3 is 10.6 Å². The number of nitrogens with one attached hydrogen (secondary N) is 2. The number of guanidine groups is 1. The molecule has 2 N–H and O–H groups in total. The Morgan fingerprint density at radius 3 is 2.31 bits per heavy atom. The lowest BCUT2D eigenvalue weighted by atomic mass is 10.3. The van der Waals surface area contributed by atoms with Gasteiger partial charge in [-0.1, -0.05) is 0 Å². The van der Waals surface area contributed by atoms with E-state index in [-0.39, 0.29) is 4.75 Å². The van der Waals surface area contributed by atoms with Crippen LogP contribution in [0.25, 0.3) is 0 Å². The van der Waals surface area contributed by atoms with E-state index >= 15 is 0 Å². The highest BCUT2D eigenvalue weighted by Gasteiger charge is 2.18. The van der Waals surface area contributed by atoms with Crippen molar-refractivity contribution in [3.05, 3.63) is 0 Å². The minimum absolute atomic E-state index is 0.142. The molecule has 0 radical (unpaired) electrons. The molecular weight excluding hydrogens is 222 g/mol. The molecule has 0 bridgehead atoms. The van der Waals surface area contributed by atoms with Crippen LogP contribution in [0.2, 0.25) is 0 Å². The smallest absolute Gasteiger partial charge is 0.191 e. The Morgan fingerprint density at radius 1 is 1.38 bits per heavy atom. The standard InChI is InChI=1S/C11H25N3OS/c1-9(2)14-10(12-6)13-7-8-16(15)11(3,4)5/h9H,7-8H2,1-6H3,(H2,12,13,14). The van der Waals surface area contributed by atoms with Crippen LogP contribution < -0.4 is 10.6 Å². The van der Waals surface area contributed by atoms with Crippen LogP contribution in [0.4, 0.5) is 0 Å². The quantitative estimate of drug-likeness (QED) is 0.578. The minimum Gasteiger partial charge on any atom is -0.355 e. The molecule has 0 spiro atoms. The Bertz CT molecular complexity index is 256. The van der Waals surface area contributed by atoms with E-state index < -0.39 is 10.8 Å². The van der Waals surface area contributed by atoms with Gasteiger partial charge in [-0.2, -0.15) is 0 Å². The Morgan fingerprint density at radius 2 is 1.94 bits per heavy atom. The van der Waals surface area contributed by atoms with Crippen LogP contribution in [0, 0.1) is 0 Å². The van der Waals surface area contributed by atoms with Gasteiger partial charge in [-0.3, -0.25) is 9.20 Å². The van der Waals surface area contributed by atoms with Gasteiger partial charge in [-0.05, 0) is 34.6 Å². The van der Waals surface area contributed by atoms with Gasteiger partial charge in [0.05, 0.1) is 0 Å². The van der Waals surface area contributed by atoms with Crippen LogP contribution in [-0.2, 0) is 10.8 Å². The van der Waals surface area contributed by atoms with Gasteiger partial charge in [0.15, 0.2) is 5.96 Å². The second-order valence-electron chi connectivity index (χ2n) is 4.96. The number of hydrogen-bond acceptors (Lipinski definition) is 2. The molecule has 0 aliphatic rings. The van der Waals surface area contributed by atoms with Crippen molar-refractivity contribution < 1.29 is 4.21 Å². The summed E-state index contributed by atoms with van der Waals surface area (Å²) < 4.78 is 11.6. The molecule has 1 atom stereocenters. The summed E-state index contributed by atoms with van der Waals surface area (Å²) in [7, 11) is 0.921. The lowest BCUT2D eigenvalue weighted by Crippen LogP contribution is -2.43. The maximum atomic E-state index is 11.8. The molecule has 0 aliphatic heterocycles. The van der Waals surface area contributed by atoms with Gasteiger partial charge in [0, 0.05) is 40.9 Å². The van der Waals surface area contributed by atoms with Crippen LogP contribution in [0.5, 0.6) is 0 Å². The third-order valence-electron chi connectivity index (χ3n) is 1.91. The fourth-order valence-corrected chi connectivity index (χ4v) is 1.94. The minimum atomic E-state index is -0.814. The highest BCUT2D eigenvalue weighted by atomic mass is 32.2. The molecule has 0 aromatic heterocycles. The van der Waals surface area contributed by atoms with Gasteiger partial charge in [0.2, 0.25) is 0 Å². The molecule has 0 heterocycles. The molecule has 0 saturated carbocycles. The zero-order valence-corrected chi connectivity index (χ0v) is 12.1. The predicted octanol–water partition coefficient (Wildman–Crippen LogP) is 1.11. The summed E-state index contributed by atoms with van der Waals surface area (Å²) in [5, 5.41) is 6.33. The molecule has 0 saturated heterocycles. The second kappa shape index (κ2) is 6.89. The second-order valence-corrected chi connectivity index (χ2v) is 7.28. The zero-order valence-electron chi connectivity index (χ0n) is 11.3. The van der Waals surface area contributed by atoms with Crippen LogP contribution in [0.3, 0.4) is 0 Å². The SMILES string of the molecule is CN=C(NCCS(=O)C(C)(C)C)NC(C)C. The van der Waals surface area contributed by atoms with E-state index in [1.165, 1.54) is 0 Å². The van der Waals surface area contributed by atoms with E-state index in [1.54, 1.807) is 7.05 Å². The molecule has 0 aromatic rings. The lowest BCUT2D eigenvalue weighted by molar-refractivity contribution is 0.646. The van der Waals surface area contributed by atoms with Crippen molar-refractivity contribution in [2.45, 2.75) is 45.4 Å². The van der Waals surface area contributed by atoms with Crippen molar-refractivity contribution in [3.63, 3.8) is 0 Å². The molecule has 0 aromatic carbocycles. The summed E-state index contributed by atoms with van der Waals surface area (Å²) in [5.41, 5.74) is 0. The van der Waals surface area contributed by atoms with Crippen LogP contribution in [0.15, 0.2) is 4.99 Å². The van der Waals surface area contributed by atoms with Crippen LogP contribution >= 0.6 is 0 Å². The van der Waals surface area contributed by atoms with E-state index in [0.29, 0.717) is 18.3 Å². The van der Waals surface area contributed by atoms with Crippen LogP contribution in [0.1, 0.15) is 34.6 Å². The first kappa shape index (κ1) is 15.4. The summed E-state index contributed by atoms with van der Waals surface area (Å²) in [6.45, 7) is 10.8. The molecular formula is C11H25N3OS. The van der Waals surface area contributed by atoms with E-state index in [1.807, 2.05) is 20.8 Å². The average molecular weight is 247 g/mol. The van der Waals surface area contributed by atoms with Crippen molar-refractivity contribution in [1.29, 1.82) is 0 Å². The molecule has 1 unspecified atom stereocenters. The summed E-state index contributed by atoms with van der Waals surface area (Å²) in [6, 6.07) is 0.347. The van der Waals surface area contributed by atoms with Crippen molar-refractivity contribution in [1.82, 2.24) is 10.6 Å². The molecule has 0 amide bonds. The topological polar surface area (TPSA) is 53.5 Å². The normalized spacial score (nSPS) is 15.1. The summed E-state index contributed by atoms with van der Waals surface area (Å²) >= 11 is 0. The summed E-state index contributed by atoms with van der Waals surface area (Å²) in [5.74, 6) is 1.41. The maximum absolute atomic E-state index is 11.8. The first-order chi connectivity index (χ1) is 7.27. The van der Waals surface area contributed by atoms with Crippen LogP contribution in [-0.4, -0.2) is 40.3 Å². The number of rotatable bonds is 4. The van der Waals surface area contributed by atoms with Gasteiger partial charge in [0.25, 0.3) is 0 Å². The fourth-order valence-electron chi connectivity index (χ4n) is 1.04. The van der Waals surface area contributed by atoms with E-state index in [9.17, 15) is 4.21 Å². The molecule has 0 aliphatic carbocycles. The lowest BCUT2D eigenvalue weighted by Gasteiger charge is -2.19. The van der Waals surface area contributed by atoms with Gasteiger partial charge in [-0.15, -0.1) is 0 Å². The molecule has 5 heteroatoms. The van der Waals surface area contributed by atoms with Crippen molar-refractivity contribution in [2.75, 3.05) is 19.3 Å². The van der Waals surface area contributed by atoms with Crippen molar-refractivity contribution in [2.24, 2.45) is 4.99 Å². The zero-order chi connectivity index (χ0) is 12.8. The first-order valence-corrected chi connectivity index (χ1v) is 6.95. The molecule has 16 heavy (non-hydrogen) atoms. The monoisotopic (exact) mass is 247 g/mol. The third-order valence-corrected chi connectivity index (χ3v) is 3.85. The molecule has 4 nitrogen and oxygen atoms in total. The summed E-state index contributed by atoms with van der Waals surface area (Å²) in [4.78, 5) is 4.08. The van der Waals surface area contributed by atoms with Gasteiger partial charge in [-0.25, -0.2) is 0 Å². The predicted molar refractivity (Wildman–Crippen MR) is 72.4 cm³/mol. The highest BCUT2D eigenvalue weighted by Crippen LogP contribution is 2.10. The number of nitrogens with zero attached hydrogens (tertiary/aromatic N) is 1. The Balaban J connectivity index is 3.93. The van der Waals surface area contributed by atoms with Gasteiger partial charge in [0.1, 0.15) is 0 Å². The molecule has 0 fully saturated rings. The van der Waals surface area contributed by atoms with E-state index in [4.69, 9.17) is 0 Å². The van der Waals surface area contributed by atoms with Crippen molar-refractivity contribution >= 4 is 16.8 Å². The number of hydrogen-bond donors (Lipinski definition) is 2. The number of aliphatic imine (C=N–C) groups is 1. The fraction of sp³-hybridized carbons (Fsp3) is 0.909. The molecule has 96 valence electrons. The molecule has 0 rings (SSSR count). The highest BCUT2D eigenvalue weighted by molar-refractivity contribution is 7.86. The Hall–Kier alpha value is -0.580. The van der Waals surface area contributed by atoms with Gasteiger partial charge >= 0.3 is 0 Å². The first-order valence-electron chi connectivity index (χ1n) is 5.63.